The van der Waals surface area contributed by atoms with Crippen LogP contribution in [-0.4, -0.2) is 85.9 Å². The number of pyridine rings is 1. The standard InChI is InChI=1S/C32H33N5O4S/c1-21(35-11-15-40-16-12-35)32(39)34(2)22-8-9-27-26(19-22)24-6-3-5-23(30(24)42-27)25-7-4-10-37-29(38)20-28(33-31(25)37)36-13-17-41-18-14-36/h3-10,19-21H,11-18H2,1-2H3/t21-/m1/s1. The fourth-order valence-electron chi connectivity index (χ4n) is 6.01. The van der Waals surface area contributed by atoms with Crippen molar-refractivity contribution >= 4 is 54.6 Å². The van der Waals surface area contributed by atoms with Crippen molar-refractivity contribution in [3.05, 3.63) is 71.1 Å². The first-order valence-electron chi connectivity index (χ1n) is 14.4. The smallest absolute Gasteiger partial charge is 0.259 e. The monoisotopic (exact) mass is 583 g/mol. The summed E-state index contributed by atoms with van der Waals surface area (Å²) in [7, 11) is 1.85. The number of hydrogen-bond acceptors (Lipinski definition) is 8. The molecule has 0 spiro atoms. The normalized spacial score (nSPS) is 17.2. The summed E-state index contributed by atoms with van der Waals surface area (Å²) in [5.74, 6) is 0.753. The van der Waals surface area contributed by atoms with Gasteiger partial charge in [-0.1, -0.05) is 18.2 Å². The van der Waals surface area contributed by atoms with Crippen LogP contribution in [0.4, 0.5) is 11.5 Å². The number of carbonyl (C=O) groups is 1. The van der Waals surface area contributed by atoms with E-state index in [1.807, 2.05) is 32.2 Å². The first-order valence-corrected chi connectivity index (χ1v) is 15.2. The Balaban J connectivity index is 1.29. The van der Waals surface area contributed by atoms with Crippen molar-refractivity contribution in [3.63, 3.8) is 0 Å². The SMILES string of the molecule is C[C@H](C(=O)N(C)c1ccc2sc3c(-c4cccn5c(=O)cc(N6CCOCC6)nc45)cccc3c2c1)N1CCOCC1. The molecule has 0 saturated carbocycles. The maximum absolute atomic E-state index is 13.4. The van der Waals surface area contributed by atoms with Crippen LogP contribution in [0, 0.1) is 0 Å². The van der Waals surface area contributed by atoms with Crippen LogP contribution in [0.5, 0.6) is 0 Å². The molecule has 5 aromatic rings. The van der Waals surface area contributed by atoms with Crippen molar-refractivity contribution in [1.82, 2.24) is 14.3 Å². The maximum atomic E-state index is 13.4. The number of hydrogen-bond donors (Lipinski definition) is 0. The molecular formula is C32H33N5O4S. The maximum Gasteiger partial charge on any atom is 0.259 e. The minimum Gasteiger partial charge on any atom is -0.379 e. The Hall–Kier alpha value is -3.83. The Bertz CT molecular complexity index is 1860. The van der Waals surface area contributed by atoms with Crippen LogP contribution in [0.2, 0.25) is 0 Å². The van der Waals surface area contributed by atoms with Crippen LogP contribution in [-0.2, 0) is 14.3 Å². The summed E-state index contributed by atoms with van der Waals surface area (Å²) < 4.78 is 14.9. The Kier molecular flexibility index (Phi) is 7.15. The minimum atomic E-state index is -0.218. The molecule has 1 atom stereocenters. The summed E-state index contributed by atoms with van der Waals surface area (Å²) in [6.45, 7) is 7.49. The quantitative estimate of drug-likeness (QED) is 0.306. The van der Waals surface area contributed by atoms with E-state index in [9.17, 15) is 9.59 Å². The fourth-order valence-corrected chi connectivity index (χ4v) is 7.22. The number of carbonyl (C=O) groups excluding carboxylic acids is 1. The zero-order chi connectivity index (χ0) is 28.8. The summed E-state index contributed by atoms with van der Waals surface area (Å²) in [6.07, 6.45) is 1.78. The average Bonchev–Trinajstić information content (AvgIpc) is 3.42. The number of fused-ring (bicyclic) bond motifs is 4. The largest absolute Gasteiger partial charge is 0.379 e. The summed E-state index contributed by atoms with van der Waals surface area (Å²) >= 11 is 1.72. The molecule has 5 heterocycles. The fraction of sp³-hybridized carbons (Fsp3) is 0.344. The third-order valence-corrected chi connectivity index (χ3v) is 9.67. The van der Waals surface area contributed by atoms with Gasteiger partial charge in [-0.05, 0) is 37.3 Å². The molecule has 216 valence electrons. The van der Waals surface area contributed by atoms with E-state index in [1.54, 1.807) is 32.9 Å². The number of likely N-dealkylation sites (N-methyl/N-ethyl adjacent to an activating group) is 1. The molecule has 2 fully saturated rings. The summed E-state index contributed by atoms with van der Waals surface area (Å²) in [6, 6.07) is 17.9. The van der Waals surface area contributed by atoms with Crippen molar-refractivity contribution < 1.29 is 14.3 Å². The molecule has 0 N–H and O–H groups in total. The van der Waals surface area contributed by atoms with Gasteiger partial charge in [0.1, 0.15) is 11.5 Å². The Morgan fingerprint density at radius 3 is 2.45 bits per heavy atom. The van der Waals surface area contributed by atoms with Gasteiger partial charge in [0, 0.05) is 82.5 Å². The van der Waals surface area contributed by atoms with E-state index in [1.165, 1.54) is 0 Å². The van der Waals surface area contributed by atoms with Gasteiger partial charge in [0.2, 0.25) is 5.91 Å². The highest BCUT2D eigenvalue weighted by atomic mass is 32.1. The molecule has 2 aliphatic heterocycles. The number of morpholine rings is 2. The topological polar surface area (TPSA) is 79.6 Å². The van der Waals surface area contributed by atoms with Crippen LogP contribution in [0.15, 0.2) is 65.6 Å². The van der Waals surface area contributed by atoms with Crippen molar-refractivity contribution in [1.29, 1.82) is 0 Å². The lowest BCUT2D eigenvalue weighted by molar-refractivity contribution is -0.124. The van der Waals surface area contributed by atoms with Gasteiger partial charge in [0.25, 0.3) is 5.56 Å². The lowest BCUT2D eigenvalue weighted by atomic mass is 10.0. The van der Waals surface area contributed by atoms with E-state index < -0.39 is 0 Å². The minimum absolute atomic E-state index is 0.0693. The number of nitrogens with zero attached hydrogens (tertiary/aromatic N) is 5. The van der Waals surface area contributed by atoms with Crippen molar-refractivity contribution in [2.75, 3.05) is 69.5 Å². The Morgan fingerprint density at radius 1 is 0.929 bits per heavy atom. The van der Waals surface area contributed by atoms with Gasteiger partial charge in [-0.2, -0.15) is 0 Å². The number of anilines is 2. The Labute approximate surface area is 247 Å². The third kappa shape index (κ3) is 4.74. The molecule has 0 radical (unpaired) electrons. The molecule has 42 heavy (non-hydrogen) atoms. The predicted octanol–water partition coefficient (Wildman–Crippen LogP) is 4.25. The second-order valence-electron chi connectivity index (χ2n) is 10.9. The first kappa shape index (κ1) is 27.0. The molecule has 0 bridgehead atoms. The second kappa shape index (κ2) is 11.1. The van der Waals surface area contributed by atoms with E-state index in [0.717, 1.165) is 50.1 Å². The molecule has 10 heteroatoms. The highest BCUT2D eigenvalue weighted by Crippen LogP contribution is 2.42. The molecule has 1 amide bonds. The first-order chi connectivity index (χ1) is 20.5. The van der Waals surface area contributed by atoms with Crippen LogP contribution in [0.1, 0.15) is 6.92 Å². The van der Waals surface area contributed by atoms with E-state index in [2.05, 4.69) is 40.1 Å². The molecule has 2 aromatic carbocycles. The van der Waals surface area contributed by atoms with Gasteiger partial charge in [-0.25, -0.2) is 4.98 Å². The number of rotatable bonds is 5. The summed E-state index contributed by atoms with van der Waals surface area (Å²) in [4.78, 5) is 37.6. The van der Waals surface area contributed by atoms with Gasteiger partial charge in [0.05, 0.1) is 32.5 Å². The highest BCUT2D eigenvalue weighted by Gasteiger charge is 2.27. The Morgan fingerprint density at radius 2 is 1.67 bits per heavy atom. The molecule has 0 unspecified atom stereocenters. The van der Waals surface area contributed by atoms with Crippen molar-refractivity contribution in [3.8, 4) is 11.1 Å². The van der Waals surface area contributed by atoms with Gasteiger partial charge >= 0.3 is 0 Å². The average molecular weight is 584 g/mol. The number of benzene rings is 2. The molecule has 0 aliphatic carbocycles. The van der Waals surface area contributed by atoms with Gasteiger partial charge < -0.3 is 19.3 Å². The highest BCUT2D eigenvalue weighted by molar-refractivity contribution is 7.26. The summed E-state index contributed by atoms with van der Waals surface area (Å²) in [5.41, 5.74) is 3.35. The van der Waals surface area contributed by atoms with E-state index in [0.29, 0.717) is 51.0 Å². The van der Waals surface area contributed by atoms with Crippen LogP contribution >= 0.6 is 11.3 Å². The van der Waals surface area contributed by atoms with E-state index in [4.69, 9.17) is 14.5 Å². The molecule has 2 aliphatic rings. The summed E-state index contributed by atoms with van der Waals surface area (Å²) in [5, 5.41) is 2.22. The van der Waals surface area contributed by atoms with Crippen molar-refractivity contribution in [2.24, 2.45) is 0 Å². The van der Waals surface area contributed by atoms with Gasteiger partial charge in [-0.3, -0.25) is 18.9 Å². The number of thiophene rings is 1. The van der Waals surface area contributed by atoms with Crippen LogP contribution < -0.4 is 15.4 Å². The molecular weight excluding hydrogens is 550 g/mol. The van der Waals surface area contributed by atoms with Gasteiger partial charge in [0.15, 0.2) is 0 Å². The molecule has 2 saturated heterocycles. The van der Waals surface area contributed by atoms with E-state index in [-0.39, 0.29) is 17.5 Å². The lowest BCUT2D eigenvalue weighted by Crippen LogP contribution is -2.50. The van der Waals surface area contributed by atoms with Gasteiger partial charge in [-0.15, -0.1) is 11.3 Å². The van der Waals surface area contributed by atoms with E-state index >= 15 is 0 Å². The lowest BCUT2D eigenvalue weighted by Gasteiger charge is -2.33. The molecule has 7 rings (SSSR count). The third-order valence-electron chi connectivity index (χ3n) is 8.45. The van der Waals surface area contributed by atoms with Crippen molar-refractivity contribution in [2.45, 2.75) is 13.0 Å². The second-order valence-corrected chi connectivity index (χ2v) is 11.9. The number of ether oxygens (including phenoxy) is 2. The van der Waals surface area contributed by atoms with Crippen LogP contribution in [0.25, 0.3) is 36.9 Å². The molecule has 3 aromatic heterocycles. The number of amides is 1. The van der Waals surface area contributed by atoms with Crippen LogP contribution in [0.3, 0.4) is 0 Å². The zero-order valence-corrected chi connectivity index (χ0v) is 24.6. The zero-order valence-electron chi connectivity index (χ0n) is 23.8. The number of aromatic nitrogens is 2. The molecule has 9 nitrogen and oxygen atoms in total. The predicted molar refractivity (Wildman–Crippen MR) is 168 cm³/mol.